The van der Waals surface area contributed by atoms with Gasteiger partial charge in [-0.1, -0.05) is 0 Å². The fraction of sp³-hybridized carbons (Fsp3) is 0.818. The average Bonchev–Trinajstić information content (AvgIpc) is 2.41. The van der Waals surface area contributed by atoms with E-state index >= 15 is 0 Å². The monoisotopic (exact) mass is 294 g/mol. The molecule has 116 valence electrons. The molecule has 1 rings (SSSR count). The third-order valence-electron chi connectivity index (χ3n) is 3.16. The van der Waals surface area contributed by atoms with E-state index in [9.17, 15) is 30.0 Å². The first-order valence-corrected chi connectivity index (χ1v) is 6.02. The Bertz CT molecular complexity index is 356. The van der Waals surface area contributed by atoms with Crippen LogP contribution < -0.4 is 0 Å². The molecule has 9 nitrogen and oxygen atoms in total. The van der Waals surface area contributed by atoms with Crippen LogP contribution in [0.5, 0.6) is 0 Å². The van der Waals surface area contributed by atoms with E-state index in [4.69, 9.17) is 14.9 Å². The lowest BCUT2D eigenvalue weighted by Crippen LogP contribution is -2.62. The quantitative estimate of drug-likeness (QED) is 0.293. The predicted octanol–water partition coefficient (Wildman–Crippen LogP) is -3.38. The number of hydrogen-bond donors (Lipinski definition) is 6. The first-order valence-electron chi connectivity index (χ1n) is 6.02. The van der Waals surface area contributed by atoms with Crippen molar-refractivity contribution in [3.05, 3.63) is 0 Å². The summed E-state index contributed by atoms with van der Waals surface area (Å²) in [5, 5.41) is 55.9. The lowest BCUT2D eigenvalue weighted by molar-refractivity contribution is -0.246. The summed E-state index contributed by atoms with van der Waals surface area (Å²) in [5.41, 5.74) is 0. The van der Waals surface area contributed by atoms with Crippen molar-refractivity contribution in [2.45, 2.75) is 49.5 Å². The summed E-state index contributed by atoms with van der Waals surface area (Å²) < 4.78 is 4.99. The normalized spacial score (nSPS) is 35.5. The van der Waals surface area contributed by atoms with Gasteiger partial charge >= 0.3 is 5.97 Å². The van der Waals surface area contributed by atoms with Gasteiger partial charge in [-0.15, -0.1) is 0 Å². The molecule has 0 saturated carbocycles. The van der Waals surface area contributed by atoms with Gasteiger partial charge in [0, 0.05) is 6.42 Å². The molecule has 2 unspecified atom stereocenters. The fourth-order valence-electron chi connectivity index (χ4n) is 1.95. The van der Waals surface area contributed by atoms with Gasteiger partial charge < -0.3 is 35.4 Å². The number of rotatable bonds is 6. The number of carbonyl (C=O) groups is 2. The van der Waals surface area contributed by atoms with E-state index in [0.29, 0.717) is 0 Å². The fourth-order valence-corrected chi connectivity index (χ4v) is 1.95. The van der Waals surface area contributed by atoms with Crippen molar-refractivity contribution in [3.63, 3.8) is 0 Å². The zero-order valence-electron chi connectivity index (χ0n) is 10.5. The molecule has 0 aromatic carbocycles. The first kappa shape index (κ1) is 17.0. The summed E-state index contributed by atoms with van der Waals surface area (Å²) in [6.07, 6.45) is -10.6. The molecule has 1 fully saturated rings. The Labute approximate surface area is 114 Å². The maximum absolute atomic E-state index is 11.6. The molecule has 9 heteroatoms. The smallest absolute Gasteiger partial charge is 0.303 e. The number of aliphatic hydroxyl groups excluding tert-OH is 5. The van der Waals surface area contributed by atoms with Crippen molar-refractivity contribution < 1.29 is 45.0 Å². The highest BCUT2D eigenvalue weighted by Crippen LogP contribution is 2.24. The Morgan fingerprint density at radius 3 is 2.15 bits per heavy atom. The highest BCUT2D eigenvalue weighted by atomic mass is 16.6. The second kappa shape index (κ2) is 7.07. The van der Waals surface area contributed by atoms with Crippen LogP contribution in [0.15, 0.2) is 0 Å². The molecule has 1 saturated heterocycles. The zero-order valence-corrected chi connectivity index (χ0v) is 10.5. The summed E-state index contributed by atoms with van der Waals surface area (Å²) in [4.78, 5) is 21.9. The van der Waals surface area contributed by atoms with Crippen LogP contribution in [-0.4, -0.2) is 85.6 Å². The summed E-state index contributed by atoms with van der Waals surface area (Å²) in [7, 11) is 0. The number of aliphatic hydroxyl groups is 5. The zero-order chi connectivity index (χ0) is 15.4. The minimum absolute atomic E-state index is 0.467. The highest BCUT2D eigenvalue weighted by molar-refractivity contribution is 5.86. The largest absolute Gasteiger partial charge is 0.481 e. The van der Waals surface area contributed by atoms with E-state index in [-0.39, 0.29) is 0 Å². The molecule has 0 aromatic rings. The molecule has 0 radical (unpaired) electrons. The number of carbonyl (C=O) groups excluding carboxylic acids is 1. The third-order valence-corrected chi connectivity index (χ3v) is 3.16. The molecular formula is C11H18O9. The SMILES string of the molecule is O=C(O)CCC(=O)C(O)[C@@H]1O[C@H](CO)[C@@H](O)[C@H](O)C1O. The number of aliphatic carboxylic acids is 1. The van der Waals surface area contributed by atoms with Crippen LogP contribution >= 0.6 is 0 Å². The van der Waals surface area contributed by atoms with E-state index in [0.717, 1.165) is 0 Å². The van der Waals surface area contributed by atoms with Gasteiger partial charge in [0.25, 0.3) is 0 Å². The first-order chi connectivity index (χ1) is 9.29. The number of ether oxygens (including phenoxy) is 1. The average molecular weight is 294 g/mol. The van der Waals surface area contributed by atoms with Crippen molar-refractivity contribution in [1.82, 2.24) is 0 Å². The van der Waals surface area contributed by atoms with Gasteiger partial charge in [-0.05, 0) is 0 Å². The lowest BCUT2D eigenvalue weighted by atomic mass is 9.90. The Kier molecular flexibility index (Phi) is 5.99. The van der Waals surface area contributed by atoms with Crippen LogP contribution in [0.2, 0.25) is 0 Å². The standard InChI is InChI=1S/C11H18O9/c12-3-5-8(17)9(18)10(19)11(20-5)7(16)4(13)1-2-6(14)15/h5,7-12,16-19H,1-3H2,(H,14,15)/t5-,7?,8-,9+,10?,11+/m1/s1. The van der Waals surface area contributed by atoms with Crippen molar-refractivity contribution >= 4 is 11.8 Å². The van der Waals surface area contributed by atoms with Gasteiger partial charge in [-0.3, -0.25) is 9.59 Å². The minimum atomic E-state index is -1.86. The lowest BCUT2D eigenvalue weighted by Gasteiger charge is -2.41. The van der Waals surface area contributed by atoms with Crippen molar-refractivity contribution in [2.24, 2.45) is 0 Å². The molecule has 0 bridgehead atoms. The van der Waals surface area contributed by atoms with E-state index in [1.54, 1.807) is 0 Å². The van der Waals surface area contributed by atoms with E-state index < -0.39 is 67.8 Å². The molecule has 0 aromatic heterocycles. The van der Waals surface area contributed by atoms with Gasteiger partial charge in [-0.25, -0.2) is 0 Å². The molecular weight excluding hydrogens is 276 g/mol. The molecule has 20 heavy (non-hydrogen) atoms. The predicted molar refractivity (Wildman–Crippen MR) is 61.7 cm³/mol. The Morgan fingerprint density at radius 2 is 1.65 bits per heavy atom. The molecule has 0 spiro atoms. The maximum Gasteiger partial charge on any atom is 0.303 e. The number of hydrogen-bond acceptors (Lipinski definition) is 8. The summed E-state index contributed by atoms with van der Waals surface area (Å²) in [6, 6.07) is 0. The van der Waals surface area contributed by atoms with Crippen LogP contribution in [0.25, 0.3) is 0 Å². The molecule has 0 amide bonds. The molecule has 0 aliphatic carbocycles. The highest BCUT2D eigenvalue weighted by Gasteiger charge is 2.47. The summed E-state index contributed by atoms with van der Waals surface area (Å²) in [6.45, 7) is -0.683. The number of carboxylic acids is 1. The third kappa shape index (κ3) is 3.72. The Morgan fingerprint density at radius 1 is 1.05 bits per heavy atom. The Balaban J connectivity index is 2.72. The second-order valence-corrected chi connectivity index (χ2v) is 4.60. The number of ketones is 1. The van der Waals surface area contributed by atoms with Gasteiger partial charge in [0.1, 0.15) is 36.6 Å². The van der Waals surface area contributed by atoms with Crippen LogP contribution in [-0.2, 0) is 14.3 Å². The van der Waals surface area contributed by atoms with Crippen molar-refractivity contribution in [2.75, 3.05) is 6.61 Å². The molecule has 1 aliphatic rings. The van der Waals surface area contributed by atoms with Gasteiger partial charge in [0.15, 0.2) is 5.78 Å². The molecule has 1 heterocycles. The van der Waals surface area contributed by atoms with Crippen LogP contribution in [0.1, 0.15) is 12.8 Å². The minimum Gasteiger partial charge on any atom is -0.481 e. The number of Topliss-reactive ketones (excluding diaryl/α,β-unsaturated/α-hetero) is 1. The van der Waals surface area contributed by atoms with E-state index in [1.165, 1.54) is 0 Å². The van der Waals surface area contributed by atoms with Crippen molar-refractivity contribution in [1.29, 1.82) is 0 Å². The van der Waals surface area contributed by atoms with Crippen molar-refractivity contribution in [3.8, 4) is 0 Å². The number of carboxylic acid groups (broad SMARTS) is 1. The Hall–Kier alpha value is -1.10. The van der Waals surface area contributed by atoms with Crippen LogP contribution in [0, 0.1) is 0 Å². The summed E-state index contributed by atoms with van der Waals surface area (Å²) in [5.74, 6) is -2.10. The maximum atomic E-state index is 11.6. The van der Waals surface area contributed by atoms with E-state index in [1.807, 2.05) is 0 Å². The molecule has 6 atom stereocenters. The topological polar surface area (TPSA) is 165 Å². The van der Waals surface area contributed by atoms with Gasteiger partial charge in [0.2, 0.25) is 0 Å². The molecule has 1 aliphatic heterocycles. The summed E-state index contributed by atoms with van der Waals surface area (Å²) >= 11 is 0. The van der Waals surface area contributed by atoms with Crippen LogP contribution in [0.4, 0.5) is 0 Å². The van der Waals surface area contributed by atoms with E-state index in [2.05, 4.69) is 0 Å². The van der Waals surface area contributed by atoms with Gasteiger partial charge in [0.05, 0.1) is 13.0 Å². The van der Waals surface area contributed by atoms with Gasteiger partial charge in [-0.2, -0.15) is 0 Å². The second-order valence-electron chi connectivity index (χ2n) is 4.60. The van der Waals surface area contributed by atoms with Crippen LogP contribution in [0.3, 0.4) is 0 Å². The molecule has 6 N–H and O–H groups in total.